The maximum absolute atomic E-state index is 12.0. The predicted molar refractivity (Wildman–Crippen MR) is 66.6 cm³/mol. The summed E-state index contributed by atoms with van der Waals surface area (Å²) < 4.78 is 24.1. The number of nitrogens with one attached hydrogen (secondary N) is 1. The highest BCUT2D eigenvalue weighted by molar-refractivity contribution is 7.92. The van der Waals surface area contributed by atoms with Crippen LogP contribution in [0.2, 0.25) is 5.02 Å². The van der Waals surface area contributed by atoms with Crippen LogP contribution in [0.15, 0.2) is 23.1 Å². The lowest BCUT2D eigenvalue weighted by Gasteiger charge is -2.12. The summed E-state index contributed by atoms with van der Waals surface area (Å²) >= 11 is 5.75. The standard InChI is InChI=1S/C10H13ClN2O3S/c1-6(10(14)13-2)17(15,16)7-3-4-9(12)8(11)5-7/h3-6H,12H2,1-2H3,(H,13,14). The van der Waals surface area contributed by atoms with Crippen LogP contribution in [0.5, 0.6) is 0 Å². The molecule has 0 saturated carbocycles. The molecular weight excluding hydrogens is 264 g/mol. The highest BCUT2D eigenvalue weighted by Gasteiger charge is 2.29. The van der Waals surface area contributed by atoms with Gasteiger partial charge in [-0.1, -0.05) is 11.6 Å². The van der Waals surface area contributed by atoms with Crippen molar-refractivity contribution in [3.05, 3.63) is 23.2 Å². The first-order valence-corrected chi connectivity index (χ1v) is 6.73. The number of nitrogens with two attached hydrogens (primary N) is 1. The molecule has 5 nitrogen and oxygen atoms in total. The molecule has 1 amide bonds. The van der Waals surface area contributed by atoms with E-state index in [0.29, 0.717) is 5.69 Å². The average Bonchev–Trinajstić information content (AvgIpc) is 2.30. The van der Waals surface area contributed by atoms with Crippen LogP contribution in [0.25, 0.3) is 0 Å². The Morgan fingerprint density at radius 3 is 2.53 bits per heavy atom. The first-order valence-electron chi connectivity index (χ1n) is 4.81. The highest BCUT2D eigenvalue weighted by atomic mass is 35.5. The van der Waals surface area contributed by atoms with Gasteiger partial charge in [0, 0.05) is 7.05 Å². The Balaban J connectivity index is 3.22. The second kappa shape index (κ2) is 4.93. The topological polar surface area (TPSA) is 89.3 Å². The summed E-state index contributed by atoms with van der Waals surface area (Å²) in [7, 11) is -2.36. The Bertz CT molecular complexity index is 542. The minimum Gasteiger partial charge on any atom is -0.398 e. The predicted octanol–water partition coefficient (Wildman–Crippen LogP) is 0.830. The monoisotopic (exact) mass is 276 g/mol. The van der Waals surface area contributed by atoms with Crippen molar-refractivity contribution in [3.8, 4) is 0 Å². The first-order chi connectivity index (χ1) is 7.80. The molecule has 0 aliphatic heterocycles. The Labute approximate surface area is 105 Å². The molecule has 7 heteroatoms. The van der Waals surface area contributed by atoms with E-state index in [1.807, 2.05) is 0 Å². The number of amides is 1. The van der Waals surface area contributed by atoms with Gasteiger partial charge in [-0.3, -0.25) is 4.79 Å². The van der Waals surface area contributed by atoms with Crippen LogP contribution >= 0.6 is 11.6 Å². The first kappa shape index (κ1) is 13.8. The van der Waals surface area contributed by atoms with Crippen LogP contribution in [-0.4, -0.2) is 26.6 Å². The van der Waals surface area contributed by atoms with E-state index in [1.165, 1.54) is 32.2 Å². The number of benzene rings is 1. The molecule has 0 aliphatic rings. The molecule has 0 heterocycles. The summed E-state index contributed by atoms with van der Waals surface area (Å²) in [6.07, 6.45) is 0. The summed E-state index contributed by atoms with van der Waals surface area (Å²) in [5.41, 5.74) is 5.78. The van der Waals surface area contributed by atoms with Crippen molar-refractivity contribution >= 4 is 33.0 Å². The molecule has 0 radical (unpaired) electrons. The summed E-state index contributed by atoms with van der Waals surface area (Å²) in [5.74, 6) is -0.571. The number of rotatable bonds is 3. The lowest BCUT2D eigenvalue weighted by atomic mass is 10.3. The summed E-state index contributed by atoms with van der Waals surface area (Å²) in [4.78, 5) is 11.3. The number of carbonyl (C=O) groups is 1. The van der Waals surface area contributed by atoms with Crippen molar-refractivity contribution in [2.75, 3.05) is 12.8 Å². The summed E-state index contributed by atoms with van der Waals surface area (Å²) in [6, 6.07) is 3.97. The molecule has 1 unspecified atom stereocenters. The van der Waals surface area contributed by atoms with Crippen LogP contribution in [0.4, 0.5) is 5.69 Å². The van der Waals surface area contributed by atoms with Gasteiger partial charge in [0.2, 0.25) is 5.91 Å². The van der Waals surface area contributed by atoms with E-state index in [1.54, 1.807) is 0 Å². The number of nitrogen functional groups attached to an aromatic ring is 1. The number of hydrogen-bond acceptors (Lipinski definition) is 4. The molecule has 0 saturated heterocycles. The third-order valence-corrected chi connectivity index (χ3v) is 4.76. The molecule has 0 bridgehead atoms. The fraction of sp³-hybridized carbons (Fsp3) is 0.300. The second-order valence-corrected chi connectivity index (χ2v) is 6.16. The van der Waals surface area contributed by atoms with E-state index >= 15 is 0 Å². The molecule has 1 atom stereocenters. The number of halogens is 1. The lowest BCUT2D eigenvalue weighted by Crippen LogP contribution is -2.35. The van der Waals surface area contributed by atoms with Gasteiger partial charge < -0.3 is 11.1 Å². The van der Waals surface area contributed by atoms with Crippen LogP contribution in [0.3, 0.4) is 0 Å². The van der Waals surface area contributed by atoms with Crippen LogP contribution in [0, 0.1) is 0 Å². The van der Waals surface area contributed by atoms with Gasteiger partial charge >= 0.3 is 0 Å². The van der Waals surface area contributed by atoms with E-state index < -0.39 is 21.0 Å². The smallest absolute Gasteiger partial charge is 0.238 e. The summed E-state index contributed by atoms with van der Waals surface area (Å²) in [5, 5.41) is 1.27. The fourth-order valence-corrected chi connectivity index (χ4v) is 2.83. The molecule has 1 rings (SSSR count). The van der Waals surface area contributed by atoms with E-state index in [9.17, 15) is 13.2 Å². The van der Waals surface area contributed by atoms with Crippen molar-refractivity contribution in [2.45, 2.75) is 17.1 Å². The molecule has 0 fully saturated rings. The lowest BCUT2D eigenvalue weighted by molar-refractivity contribution is -0.119. The van der Waals surface area contributed by atoms with Gasteiger partial charge in [0.15, 0.2) is 9.84 Å². The van der Waals surface area contributed by atoms with Crippen molar-refractivity contribution in [1.82, 2.24) is 5.32 Å². The zero-order valence-electron chi connectivity index (χ0n) is 9.40. The van der Waals surface area contributed by atoms with Crippen molar-refractivity contribution in [1.29, 1.82) is 0 Å². The highest BCUT2D eigenvalue weighted by Crippen LogP contribution is 2.24. The minimum atomic E-state index is -3.74. The van der Waals surface area contributed by atoms with Gasteiger partial charge in [-0.25, -0.2) is 8.42 Å². The van der Waals surface area contributed by atoms with Crippen LogP contribution in [0.1, 0.15) is 6.92 Å². The zero-order chi connectivity index (χ0) is 13.2. The van der Waals surface area contributed by atoms with Gasteiger partial charge in [-0.15, -0.1) is 0 Å². The Morgan fingerprint density at radius 1 is 1.47 bits per heavy atom. The minimum absolute atomic E-state index is 0.0206. The van der Waals surface area contributed by atoms with Crippen LogP contribution < -0.4 is 11.1 Å². The molecule has 1 aromatic carbocycles. The Hall–Kier alpha value is -1.27. The third-order valence-electron chi connectivity index (χ3n) is 2.38. The van der Waals surface area contributed by atoms with E-state index in [-0.39, 0.29) is 9.92 Å². The van der Waals surface area contributed by atoms with Crippen LogP contribution in [-0.2, 0) is 14.6 Å². The molecule has 17 heavy (non-hydrogen) atoms. The quantitative estimate of drug-likeness (QED) is 0.800. The molecule has 0 aliphatic carbocycles. The number of carbonyl (C=O) groups excluding carboxylic acids is 1. The molecule has 3 N–H and O–H groups in total. The summed E-state index contributed by atoms with van der Waals surface area (Å²) in [6.45, 7) is 1.32. The largest absolute Gasteiger partial charge is 0.398 e. The van der Waals surface area contributed by atoms with E-state index in [4.69, 9.17) is 17.3 Å². The van der Waals surface area contributed by atoms with Gasteiger partial charge in [-0.2, -0.15) is 0 Å². The van der Waals surface area contributed by atoms with Gasteiger partial charge in [0.05, 0.1) is 15.6 Å². The van der Waals surface area contributed by atoms with Crippen molar-refractivity contribution < 1.29 is 13.2 Å². The zero-order valence-corrected chi connectivity index (χ0v) is 11.0. The SMILES string of the molecule is CNC(=O)C(C)S(=O)(=O)c1ccc(N)c(Cl)c1. The molecule has 94 valence electrons. The molecule has 0 spiro atoms. The maximum atomic E-state index is 12.0. The van der Waals surface area contributed by atoms with E-state index in [2.05, 4.69) is 5.32 Å². The van der Waals surface area contributed by atoms with Crippen molar-refractivity contribution in [2.24, 2.45) is 0 Å². The van der Waals surface area contributed by atoms with Gasteiger partial charge in [0.1, 0.15) is 5.25 Å². The van der Waals surface area contributed by atoms with Gasteiger partial charge in [-0.05, 0) is 25.1 Å². The molecular formula is C10H13ClN2O3S. The third kappa shape index (κ3) is 2.70. The second-order valence-electron chi connectivity index (χ2n) is 3.48. The number of sulfone groups is 1. The Morgan fingerprint density at radius 2 is 2.06 bits per heavy atom. The molecule has 1 aromatic rings. The average molecular weight is 277 g/mol. The van der Waals surface area contributed by atoms with E-state index in [0.717, 1.165) is 0 Å². The fourth-order valence-electron chi connectivity index (χ4n) is 1.23. The number of hydrogen-bond donors (Lipinski definition) is 2. The van der Waals surface area contributed by atoms with Crippen molar-refractivity contribution in [3.63, 3.8) is 0 Å². The number of anilines is 1. The molecule has 0 aromatic heterocycles. The Kier molecular flexibility index (Phi) is 4.00. The normalized spacial score (nSPS) is 13.1. The van der Waals surface area contributed by atoms with Gasteiger partial charge in [0.25, 0.3) is 0 Å². The maximum Gasteiger partial charge on any atom is 0.238 e.